The zero-order chi connectivity index (χ0) is 19.1. The van der Waals surface area contributed by atoms with Gasteiger partial charge in [-0.15, -0.1) is 11.3 Å². The van der Waals surface area contributed by atoms with Crippen molar-refractivity contribution in [3.05, 3.63) is 40.9 Å². The molecule has 0 unspecified atom stereocenters. The van der Waals surface area contributed by atoms with E-state index in [0.29, 0.717) is 18.5 Å². The van der Waals surface area contributed by atoms with E-state index in [1.807, 2.05) is 17.5 Å². The number of amides is 1. The van der Waals surface area contributed by atoms with Crippen LogP contribution in [0.4, 0.5) is 10.8 Å². The maximum atomic E-state index is 12.1. The van der Waals surface area contributed by atoms with Gasteiger partial charge in [-0.2, -0.15) is 0 Å². The maximum absolute atomic E-state index is 12.1. The Balaban J connectivity index is 1.42. The van der Waals surface area contributed by atoms with Crippen molar-refractivity contribution in [1.29, 1.82) is 0 Å². The molecular weight excluding hydrogens is 358 g/mol. The van der Waals surface area contributed by atoms with Gasteiger partial charge in [0, 0.05) is 23.1 Å². The van der Waals surface area contributed by atoms with Crippen LogP contribution in [0.2, 0.25) is 0 Å². The van der Waals surface area contributed by atoms with Gasteiger partial charge in [-0.3, -0.25) is 9.59 Å². The first-order valence-electron chi connectivity index (χ1n) is 9.69. The number of Topliss-reactive ketones (excluding diaryl/α,β-unsaturated/α-hetero) is 1. The molecule has 144 valence electrons. The monoisotopic (exact) mass is 385 g/mol. The molecule has 27 heavy (non-hydrogen) atoms. The van der Waals surface area contributed by atoms with Crippen molar-refractivity contribution in [1.82, 2.24) is 10.3 Å². The molecule has 2 N–H and O–H groups in total. The molecule has 0 spiro atoms. The molecule has 1 aliphatic rings. The Morgan fingerprint density at radius 1 is 1.15 bits per heavy atom. The first-order chi connectivity index (χ1) is 13.1. The third kappa shape index (κ3) is 6.17. The molecule has 0 radical (unpaired) electrons. The fourth-order valence-corrected chi connectivity index (χ4v) is 4.18. The predicted molar refractivity (Wildman–Crippen MR) is 109 cm³/mol. The summed E-state index contributed by atoms with van der Waals surface area (Å²) in [7, 11) is 0. The number of ketones is 1. The number of rotatable bonds is 8. The molecule has 0 atom stereocenters. The highest BCUT2D eigenvalue weighted by molar-refractivity contribution is 7.13. The third-order valence-electron chi connectivity index (χ3n) is 5.07. The maximum Gasteiger partial charge on any atom is 0.220 e. The third-order valence-corrected chi connectivity index (χ3v) is 5.87. The van der Waals surface area contributed by atoms with Gasteiger partial charge in [-0.1, -0.05) is 32.1 Å². The highest BCUT2D eigenvalue weighted by Gasteiger charge is 2.15. The van der Waals surface area contributed by atoms with E-state index in [1.54, 1.807) is 19.1 Å². The Labute approximate surface area is 164 Å². The highest BCUT2D eigenvalue weighted by atomic mass is 32.1. The fourth-order valence-electron chi connectivity index (χ4n) is 3.45. The molecule has 0 aliphatic heterocycles. The minimum atomic E-state index is 0.0531. The van der Waals surface area contributed by atoms with Gasteiger partial charge in [-0.25, -0.2) is 4.98 Å². The van der Waals surface area contributed by atoms with Crippen LogP contribution in [-0.2, 0) is 11.3 Å². The lowest BCUT2D eigenvalue weighted by Crippen LogP contribution is -2.23. The SMILES string of the molecule is CC(=O)c1ccc(Nc2nc(CNC(=O)CCC3CCCCC3)cs2)cc1. The number of hydrogen-bond acceptors (Lipinski definition) is 5. The van der Waals surface area contributed by atoms with Gasteiger partial charge in [-0.05, 0) is 43.5 Å². The molecule has 5 nitrogen and oxygen atoms in total. The standard InChI is InChI=1S/C21H27N3O2S/c1-15(25)17-8-10-18(11-9-17)23-21-24-19(14-27-21)13-22-20(26)12-7-16-5-3-2-4-6-16/h8-11,14,16H,2-7,12-13H2,1H3,(H,22,26)(H,23,24). The molecule has 1 heterocycles. The van der Waals surface area contributed by atoms with Crippen LogP contribution in [-0.4, -0.2) is 16.7 Å². The average Bonchev–Trinajstić information content (AvgIpc) is 3.13. The second-order valence-electron chi connectivity index (χ2n) is 7.22. The Morgan fingerprint density at radius 3 is 2.59 bits per heavy atom. The number of nitrogens with zero attached hydrogens (tertiary/aromatic N) is 1. The van der Waals surface area contributed by atoms with Crippen LogP contribution in [0.1, 0.15) is 67.9 Å². The fraction of sp³-hybridized carbons (Fsp3) is 0.476. The van der Waals surface area contributed by atoms with Gasteiger partial charge in [0.2, 0.25) is 5.91 Å². The second kappa shape index (κ2) is 9.65. The van der Waals surface area contributed by atoms with Crippen LogP contribution < -0.4 is 10.6 Å². The van der Waals surface area contributed by atoms with Crippen LogP contribution in [0.3, 0.4) is 0 Å². The topological polar surface area (TPSA) is 71.1 Å². The molecule has 2 aromatic rings. The molecule has 1 aliphatic carbocycles. The van der Waals surface area contributed by atoms with Crippen molar-refractivity contribution in [2.24, 2.45) is 5.92 Å². The number of thiazole rings is 1. The van der Waals surface area contributed by atoms with Gasteiger partial charge in [0.15, 0.2) is 10.9 Å². The van der Waals surface area contributed by atoms with Crippen LogP contribution in [0.5, 0.6) is 0 Å². The number of benzene rings is 1. The van der Waals surface area contributed by atoms with Crippen LogP contribution in [0.15, 0.2) is 29.6 Å². The highest BCUT2D eigenvalue weighted by Crippen LogP contribution is 2.27. The lowest BCUT2D eigenvalue weighted by molar-refractivity contribution is -0.121. The Morgan fingerprint density at radius 2 is 1.89 bits per heavy atom. The van der Waals surface area contributed by atoms with Crippen molar-refractivity contribution in [2.45, 2.75) is 58.4 Å². The van der Waals surface area contributed by atoms with E-state index >= 15 is 0 Å². The van der Waals surface area contributed by atoms with Crippen molar-refractivity contribution < 1.29 is 9.59 Å². The van der Waals surface area contributed by atoms with Crippen molar-refractivity contribution >= 4 is 33.8 Å². The molecule has 1 aromatic carbocycles. The van der Waals surface area contributed by atoms with Gasteiger partial charge in [0.05, 0.1) is 12.2 Å². The Kier molecular flexibility index (Phi) is 6.98. The van der Waals surface area contributed by atoms with E-state index < -0.39 is 0 Å². The van der Waals surface area contributed by atoms with Crippen molar-refractivity contribution in [3.63, 3.8) is 0 Å². The molecule has 1 amide bonds. The first kappa shape index (κ1) is 19.5. The van der Waals surface area contributed by atoms with Gasteiger partial charge >= 0.3 is 0 Å². The molecule has 0 saturated heterocycles. The van der Waals surface area contributed by atoms with E-state index in [2.05, 4.69) is 15.6 Å². The number of anilines is 2. The van der Waals surface area contributed by atoms with E-state index in [9.17, 15) is 9.59 Å². The summed E-state index contributed by atoms with van der Waals surface area (Å²) >= 11 is 1.50. The van der Waals surface area contributed by atoms with Gasteiger partial charge < -0.3 is 10.6 Å². The molecule has 3 rings (SSSR count). The summed E-state index contributed by atoms with van der Waals surface area (Å²) in [5.74, 6) is 0.897. The molecular formula is C21H27N3O2S. The zero-order valence-electron chi connectivity index (χ0n) is 15.8. The van der Waals surface area contributed by atoms with E-state index in [4.69, 9.17) is 0 Å². The summed E-state index contributed by atoms with van der Waals surface area (Å²) in [5, 5.41) is 8.93. The molecule has 1 aromatic heterocycles. The summed E-state index contributed by atoms with van der Waals surface area (Å²) in [6.45, 7) is 2.02. The molecule has 1 saturated carbocycles. The second-order valence-corrected chi connectivity index (χ2v) is 8.08. The summed E-state index contributed by atoms with van der Waals surface area (Å²) in [6, 6.07) is 7.33. The average molecular weight is 386 g/mol. The zero-order valence-corrected chi connectivity index (χ0v) is 16.6. The molecule has 1 fully saturated rings. The van der Waals surface area contributed by atoms with Crippen LogP contribution >= 0.6 is 11.3 Å². The molecule has 0 bridgehead atoms. The summed E-state index contributed by atoms with van der Waals surface area (Å²) < 4.78 is 0. The van der Waals surface area contributed by atoms with E-state index in [1.165, 1.54) is 43.4 Å². The summed E-state index contributed by atoms with van der Waals surface area (Å²) in [4.78, 5) is 27.9. The summed E-state index contributed by atoms with van der Waals surface area (Å²) in [6.07, 6.45) is 8.17. The van der Waals surface area contributed by atoms with E-state index in [-0.39, 0.29) is 11.7 Å². The van der Waals surface area contributed by atoms with Crippen molar-refractivity contribution in [2.75, 3.05) is 5.32 Å². The number of nitrogens with one attached hydrogen (secondary N) is 2. The first-order valence-corrected chi connectivity index (χ1v) is 10.6. The lowest BCUT2D eigenvalue weighted by Gasteiger charge is -2.20. The van der Waals surface area contributed by atoms with E-state index in [0.717, 1.165) is 28.9 Å². The van der Waals surface area contributed by atoms with Crippen LogP contribution in [0, 0.1) is 5.92 Å². The lowest BCUT2D eigenvalue weighted by atomic mass is 9.86. The van der Waals surface area contributed by atoms with Crippen LogP contribution in [0.25, 0.3) is 0 Å². The minimum Gasteiger partial charge on any atom is -0.350 e. The Bertz CT molecular complexity index is 764. The smallest absolute Gasteiger partial charge is 0.220 e. The predicted octanol–water partition coefficient (Wildman–Crippen LogP) is 5.07. The summed E-state index contributed by atoms with van der Waals surface area (Å²) in [5.41, 5.74) is 2.43. The van der Waals surface area contributed by atoms with Gasteiger partial charge in [0.25, 0.3) is 0 Å². The number of hydrogen-bond donors (Lipinski definition) is 2. The molecule has 6 heteroatoms. The number of carbonyl (C=O) groups is 2. The quantitative estimate of drug-likeness (QED) is 0.623. The number of aromatic nitrogens is 1. The Hall–Kier alpha value is -2.21. The van der Waals surface area contributed by atoms with Crippen molar-refractivity contribution in [3.8, 4) is 0 Å². The normalized spacial score (nSPS) is 14.7. The largest absolute Gasteiger partial charge is 0.350 e. The minimum absolute atomic E-state index is 0.0531. The van der Waals surface area contributed by atoms with Gasteiger partial charge in [0.1, 0.15) is 0 Å². The number of carbonyl (C=O) groups excluding carboxylic acids is 2.